The van der Waals surface area contributed by atoms with Crippen LogP contribution in [-0.4, -0.2) is 59.0 Å². The van der Waals surface area contributed by atoms with Gasteiger partial charge < -0.3 is 15.0 Å². The minimum atomic E-state index is -0.585. The van der Waals surface area contributed by atoms with Gasteiger partial charge in [0.15, 0.2) is 0 Å². The van der Waals surface area contributed by atoms with E-state index in [4.69, 9.17) is 4.74 Å². The highest BCUT2D eigenvalue weighted by molar-refractivity contribution is 5.87. The molecule has 1 aromatic carbocycles. The van der Waals surface area contributed by atoms with E-state index >= 15 is 0 Å². The summed E-state index contributed by atoms with van der Waals surface area (Å²) < 4.78 is 5.62. The van der Waals surface area contributed by atoms with Crippen LogP contribution in [-0.2, 0) is 27.3 Å². The number of benzene rings is 1. The van der Waals surface area contributed by atoms with E-state index in [2.05, 4.69) is 18.0 Å². The average Bonchev–Trinajstić information content (AvgIpc) is 2.75. The maximum atomic E-state index is 12.9. The monoisotopic (exact) mass is 427 g/mol. The van der Waals surface area contributed by atoms with Crippen LogP contribution in [0.25, 0.3) is 0 Å². The first-order chi connectivity index (χ1) is 14.7. The predicted molar refractivity (Wildman–Crippen MR) is 118 cm³/mol. The van der Waals surface area contributed by atoms with Crippen LogP contribution in [0.1, 0.15) is 44.7 Å². The van der Waals surface area contributed by atoms with Gasteiger partial charge in [-0.05, 0) is 57.2 Å². The smallest absolute Gasteiger partial charge is 0.410 e. The molecule has 7 nitrogen and oxygen atoms in total. The molecule has 0 aliphatic carbocycles. The Kier molecular flexibility index (Phi) is 7.03. The molecule has 168 valence electrons. The first-order valence-electron chi connectivity index (χ1n) is 10.9. The number of amides is 3. The number of hydrogen-bond acceptors (Lipinski definition) is 4. The number of hydrogen-bond donors (Lipinski definition) is 1. The zero-order chi connectivity index (χ0) is 22.6. The highest BCUT2D eigenvalue weighted by Crippen LogP contribution is 2.25. The Morgan fingerprint density at radius 3 is 2.42 bits per heavy atom. The van der Waals surface area contributed by atoms with E-state index in [9.17, 15) is 14.4 Å². The molecule has 0 bridgehead atoms. The van der Waals surface area contributed by atoms with Crippen LogP contribution in [0, 0.1) is 5.92 Å². The van der Waals surface area contributed by atoms with E-state index in [-0.39, 0.29) is 29.9 Å². The molecule has 1 fully saturated rings. The van der Waals surface area contributed by atoms with Gasteiger partial charge in [-0.25, -0.2) is 4.79 Å². The molecular weight excluding hydrogens is 394 g/mol. The fourth-order valence-electron chi connectivity index (χ4n) is 4.16. The Hall–Kier alpha value is -2.83. The van der Waals surface area contributed by atoms with Crippen LogP contribution in [0.5, 0.6) is 0 Å². The summed E-state index contributed by atoms with van der Waals surface area (Å²) in [6.45, 7) is 11.0. The zero-order valence-electron chi connectivity index (χ0n) is 18.7. The van der Waals surface area contributed by atoms with Crippen LogP contribution in [0.3, 0.4) is 0 Å². The van der Waals surface area contributed by atoms with E-state index in [1.54, 1.807) is 9.80 Å². The maximum Gasteiger partial charge on any atom is 0.410 e. The fourth-order valence-corrected chi connectivity index (χ4v) is 4.16. The molecule has 2 aliphatic heterocycles. The molecule has 1 saturated heterocycles. The van der Waals surface area contributed by atoms with Gasteiger partial charge in [-0.1, -0.05) is 30.8 Å². The molecule has 0 aromatic heterocycles. The molecule has 3 rings (SSSR count). The Balaban J connectivity index is 1.62. The lowest BCUT2D eigenvalue weighted by Crippen LogP contribution is -2.52. The molecule has 0 spiro atoms. The number of fused-ring (bicyclic) bond motifs is 1. The number of nitrogens with one attached hydrogen (secondary N) is 1. The fraction of sp³-hybridized carbons (Fsp3) is 0.542. The van der Waals surface area contributed by atoms with Crippen molar-refractivity contribution < 1.29 is 19.1 Å². The van der Waals surface area contributed by atoms with E-state index in [1.807, 2.05) is 39.0 Å². The van der Waals surface area contributed by atoms with Crippen molar-refractivity contribution in [2.24, 2.45) is 5.92 Å². The van der Waals surface area contributed by atoms with Crippen molar-refractivity contribution in [3.63, 3.8) is 0 Å². The second-order valence-electron chi connectivity index (χ2n) is 9.28. The summed E-state index contributed by atoms with van der Waals surface area (Å²) in [5.41, 5.74) is 1.71. The van der Waals surface area contributed by atoms with Crippen molar-refractivity contribution in [3.8, 4) is 0 Å². The Morgan fingerprint density at radius 2 is 1.81 bits per heavy atom. The number of nitrogens with zero attached hydrogens (tertiary/aromatic N) is 2. The van der Waals surface area contributed by atoms with Crippen molar-refractivity contribution in [3.05, 3.63) is 48.0 Å². The lowest BCUT2D eigenvalue weighted by Gasteiger charge is -2.38. The van der Waals surface area contributed by atoms with Gasteiger partial charge in [0.05, 0.1) is 6.04 Å². The number of rotatable bonds is 4. The number of ether oxygens (including phenoxy) is 1. The van der Waals surface area contributed by atoms with Gasteiger partial charge in [-0.3, -0.25) is 14.5 Å². The third-order valence-corrected chi connectivity index (χ3v) is 5.85. The highest BCUT2D eigenvalue weighted by atomic mass is 16.6. The SMILES string of the molecule is C=CC(=O)N1CCC(C(=O)NCC2Cc3ccccc3CN2C(=O)OC(C)(C)C)CC1. The van der Waals surface area contributed by atoms with Gasteiger partial charge in [0, 0.05) is 32.1 Å². The molecule has 2 heterocycles. The number of likely N-dealkylation sites (tertiary alicyclic amines) is 1. The Bertz CT molecular complexity index is 837. The van der Waals surface area contributed by atoms with Gasteiger partial charge in [0.1, 0.15) is 5.60 Å². The van der Waals surface area contributed by atoms with Gasteiger partial charge >= 0.3 is 6.09 Å². The number of piperidine rings is 1. The van der Waals surface area contributed by atoms with Crippen molar-refractivity contribution in [2.45, 2.75) is 58.2 Å². The third-order valence-electron chi connectivity index (χ3n) is 5.85. The summed E-state index contributed by atoms with van der Waals surface area (Å²) >= 11 is 0. The zero-order valence-corrected chi connectivity index (χ0v) is 18.7. The molecule has 0 saturated carbocycles. The summed E-state index contributed by atoms with van der Waals surface area (Å²) in [5.74, 6) is -0.235. The van der Waals surface area contributed by atoms with E-state index in [0.717, 1.165) is 5.56 Å². The molecule has 1 aromatic rings. The topological polar surface area (TPSA) is 79.0 Å². The predicted octanol–water partition coefficient (Wildman–Crippen LogP) is 2.89. The molecule has 2 aliphatic rings. The first kappa shape index (κ1) is 22.8. The maximum absolute atomic E-state index is 12.9. The van der Waals surface area contributed by atoms with Crippen LogP contribution in [0.4, 0.5) is 4.79 Å². The molecule has 7 heteroatoms. The lowest BCUT2D eigenvalue weighted by atomic mass is 9.93. The molecular formula is C24H33N3O4. The standard InChI is InChI=1S/C24H33N3O4/c1-5-21(28)26-12-10-17(11-13-26)22(29)25-15-20-14-18-8-6-7-9-19(18)16-27(20)23(30)31-24(2,3)4/h5-9,17,20H,1,10-16H2,2-4H3,(H,25,29). The van der Waals surface area contributed by atoms with Crippen LogP contribution >= 0.6 is 0 Å². The van der Waals surface area contributed by atoms with E-state index < -0.39 is 5.60 Å². The lowest BCUT2D eigenvalue weighted by molar-refractivity contribution is -0.132. The van der Waals surface area contributed by atoms with E-state index in [0.29, 0.717) is 45.4 Å². The Morgan fingerprint density at radius 1 is 1.16 bits per heavy atom. The molecule has 3 amide bonds. The number of carbonyl (C=O) groups excluding carboxylic acids is 3. The van der Waals surface area contributed by atoms with E-state index in [1.165, 1.54) is 11.6 Å². The molecule has 1 N–H and O–H groups in total. The largest absolute Gasteiger partial charge is 0.444 e. The quantitative estimate of drug-likeness (QED) is 0.750. The van der Waals surface area contributed by atoms with Gasteiger partial charge in [-0.2, -0.15) is 0 Å². The molecule has 1 unspecified atom stereocenters. The summed E-state index contributed by atoms with van der Waals surface area (Å²) in [6, 6.07) is 7.90. The second kappa shape index (κ2) is 9.54. The average molecular weight is 428 g/mol. The summed E-state index contributed by atoms with van der Waals surface area (Å²) in [5, 5.41) is 3.05. The second-order valence-corrected chi connectivity index (χ2v) is 9.28. The molecule has 0 radical (unpaired) electrons. The minimum absolute atomic E-state index is 0.0197. The normalized spacial score (nSPS) is 19.4. The van der Waals surface area contributed by atoms with Crippen molar-refractivity contribution >= 4 is 17.9 Å². The summed E-state index contributed by atoms with van der Waals surface area (Å²) in [7, 11) is 0. The minimum Gasteiger partial charge on any atom is -0.444 e. The third kappa shape index (κ3) is 5.87. The summed E-state index contributed by atoms with van der Waals surface area (Å²) in [6.07, 6.45) is 2.88. The molecule has 1 atom stereocenters. The van der Waals surface area contributed by atoms with Crippen LogP contribution < -0.4 is 5.32 Å². The van der Waals surface area contributed by atoms with Gasteiger partial charge in [-0.15, -0.1) is 0 Å². The van der Waals surface area contributed by atoms with Crippen molar-refractivity contribution in [2.75, 3.05) is 19.6 Å². The Labute approximate surface area is 184 Å². The van der Waals surface area contributed by atoms with Crippen molar-refractivity contribution in [1.82, 2.24) is 15.1 Å². The number of carbonyl (C=O) groups is 3. The highest BCUT2D eigenvalue weighted by Gasteiger charge is 2.34. The van der Waals surface area contributed by atoms with Gasteiger partial charge in [0.25, 0.3) is 0 Å². The first-order valence-corrected chi connectivity index (χ1v) is 10.9. The molecule has 31 heavy (non-hydrogen) atoms. The summed E-state index contributed by atoms with van der Waals surface area (Å²) in [4.78, 5) is 40.8. The van der Waals surface area contributed by atoms with Gasteiger partial charge in [0.2, 0.25) is 11.8 Å². The van der Waals surface area contributed by atoms with Crippen molar-refractivity contribution in [1.29, 1.82) is 0 Å². The van der Waals surface area contributed by atoms with Crippen LogP contribution in [0.2, 0.25) is 0 Å². The van der Waals surface area contributed by atoms with Crippen LogP contribution in [0.15, 0.2) is 36.9 Å².